The molecule has 0 heterocycles. The van der Waals surface area contributed by atoms with E-state index in [2.05, 4.69) is 6.92 Å². The molecule has 0 aromatic heterocycles. The molecular formula is C14H15N2. The first-order valence-electron chi connectivity index (χ1n) is 5.22. The Balaban J connectivity index is 2.28. The van der Waals surface area contributed by atoms with Crippen LogP contribution in [0.25, 0.3) is 0 Å². The third-order valence-corrected chi connectivity index (χ3v) is 2.69. The van der Waals surface area contributed by atoms with Crippen LogP contribution in [0.2, 0.25) is 0 Å². The van der Waals surface area contributed by atoms with Crippen LogP contribution in [0.4, 0.5) is 11.4 Å². The molecule has 0 spiro atoms. The van der Waals surface area contributed by atoms with Gasteiger partial charge in [0.05, 0.1) is 0 Å². The van der Waals surface area contributed by atoms with E-state index in [1.54, 1.807) is 0 Å². The van der Waals surface area contributed by atoms with Gasteiger partial charge in [-0.2, -0.15) is 0 Å². The summed E-state index contributed by atoms with van der Waals surface area (Å²) in [5.41, 5.74) is 15.3. The fraction of sp³-hybridized carbons (Fsp3) is 0.0714. The summed E-state index contributed by atoms with van der Waals surface area (Å²) < 4.78 is 0. The third-order valence-electron chi connectivity index (χ3n) is 2.69. The zero-order valence-corrected chi connectivity index (χ0v) is 9.27. The molecule has 2 aromatic rings. The highest BCUT2D eigenvalue weighted by atomic mass is 14.5. The van der Waals surface area contributed by atoms with Gasteiger partial charge in [0.15, 0.2) is 0 Å². The monoisotopic (exact) mass is 211 g/mol. The molecule has 81 valence electrons. The summed E-state index contributed by atoms with van der Waals surface area (Å²) in [6.45, 7) is 2.09. The molecule has 0 saturated carbocycles. The molecular weight excluding hydrogens is 196 g/mol. The van der Waals surface area contributed by atoms with Gasteiger partial charge in [0.2, 0.25) is 0 Å². The molecule has 0 atom stereocenters. The Kier molecular flexibility index (Phi) is 2.82. The highest BCUT2D eigenvalue weighted by molar-refractivity contribution is 5.51. The molecule has 1 radical (unpaired) electrons. The second-order valence-corrected chi connectivity index (χ2v) is 3.87. The molecule has 2 rings (SSSR count). The van der Waals surface area contributed by atoms with Crippen molar-refractivity contribution < 1.29 is 0 Å². The van der Waals surface area contributed by atoms with Crippen LogP contribution in [-0.2, 0) is 0 Å². The number of hydrogen-bond donors (Lipinski definition) is 2. The lowest BCUT2D eigenvalue weighted by molar-refractivity contribution is 1.19. The molecule has 0 aliphatic heterocycles. The quantitative estimate of drug-likeness (QED) is 0.750. The van der Waals surface area contributed by atoms with E-state index in [9.17, 15) is 0 Å². The number of nitrogen functional groups attached to an aromatic ring is 2. The van der Waals surface area contributed by atoms with E-state index >= 15 is 0 Å². The minimum atomic E-state index is 0.786. The van der Waals surface area contributed by atoms with Crippen molar-refractivity contribution in [1.82, 2.24) is 0 Å². The molecule has 16 heavy (non-hydrogen) atoms. The SMILES string of the molecule is C[C](c1ccc(N)cc1)c1ccc(N)cc1. The summed E-state index contributed by atoms with van der Waals surface area (Å²) >= 11 is 0. The van der Waals surface area contributed by atoms with E-state index in [0.29, 0.717) is 0 Å². The van der Waals surface area contributed by atoms with Crippen molar-refractivity contribution in [3.63, 3.8) is 0 Å². The summed E-state index contributed by atoms with van der Waals surface area (Å²) in [6.07, 6.45) is 0. The van der Waals surface area contributed by atoms with Crippen LogP contribution >= 0.6 is 0 Å². The molecule has 2 aromatic carbocycles. The Hall–Kier alpha value is -1.96. The molecule has 0 bridgehead atoms. The van der Waals surface area contributed by atoms with Gasteiger partial charge in [-0.25, -0.2) is 0 Å². The van der Waals surface area contributed by atoms with E-state index in [0.717, 1.165) is 11.4 Å². The molecule has 2 nitrogen and oxygen atoms in total. The number of rotatable bonds is 2. The van der Waals surface area contributed by atoms with Crippen molar-refractivity contribution in [3.05, 3.63) is 65.6 Å². The number of nitrogens with two attached hydrogens (primary N) is 2. The molecule has 0 amide bonds. The largest absolute Gasteiger partial charge is 0.399 e. The highest BCUT2D eigenvalue weighted by Gasteiger charge is 2.08. The van der Waals surface area contributed by atoms with E-state index in [4.69, 9.17) is 11.5 Å². The summed E-state index contributed by atoms with van der Waals surface area (Å²) in [5.74, 6) is 1.22. The minimum Gasteiger partial charge on any atom is -0.399 e. The molecule has 0 unspecified atom stereocenters. The van der Waals surface area contributed by atoms with Crippen LogP contribution in [-0.4, -0.2) is 0 Å². The predicted molar refractivity (Wildman–Crippen MR) is 68.8 cm³/mol. The van der Waals surface area contributed by atoms with Gasteiger partial charge >= 0.3 is 0 Å². The van der Waals surface area contributed by atoms with Crippen LogP contribution in [0, 0.1) is 5.92 Å². The summed E-state index contributed by atoms with van der Waals surface area (Å²) in [7, 11) is 0. The zero-order chi connectivity index (χ0) is 11.5. The Morgan fingerprint density at radius 2 is 1.00 bits per heavy atom. The van der Waals surface area contributed by atoms with Crippen molar-refractivity contribution in [2.75, 3.05) is 11.5 Å². The summed E-state index contributed by atoms with van der Waals surface area (Å²) in [6, 6.07) is 15.8. The van der Waals surface area contributed by atoms with Crippen LogP contribution in [0.5, 0.6) is 0 Å². The third kappa shape index (κ3) is 2.16. The maximum absolute atomic E-state index is 5.66. The van der Waals surface area contributed by atoms with Crippen LogP contribution in [0.15, 0.2) is 48.5 Å². The van der Waals surface area contributed by atoms with E-state index in [-0.39, 0.29) is 0 Å². The topological polar surface area (TPSA) is 52.0 Å². The van der Waals surface area contributed by atoms with Gasteiger partial charge in [-0.3, -0.25) is 0 Å². The maximum Gasteiger partial charge on any atom is 0.0314 e. The molecule has 0 aliphatic carbocycles. The van der Waals surface area contributed by atoms with Gasteiger partial charge in [0.1, 0.15) is 0 Å². The number of benzene rings is 2. The highest BCUT2D eigenvalue weighted by Crippen LogP contribution is 2.24. The van der Waals surface area contributed by atoms with Crippen molar-refractivity contribution in [2.45, 2.75) is 6.92 Å². The average molecular weight is 211 g/mol. The van der Waals surface area contributed by atoms with Crippen LogP contribution < -0.4 is 11.5 Å². The standard InChI is InChI=1S/C14H15N2/c1-10(11-2-6-13(15)7-3-11)12-4-8-14(16)9-5-12/h2-9H,15-16H2,1H3. The predicted octanol–water partition coefficient (Wildman–Crippen LogP) is 2.84. The van der Waals surface area contributed by atoms with Crippen LogP contribution in [0.1, 0.15) is 18.1 Å². The van der Waals surface area contributed by atoms with Gasteiger partial charge < -0.3 is 11.5 Å². The molecule has 0 saturated heterocycles. The van der Waals surface area contributed by atoms with Crippen molar-refractivity contribution in [3.8, 4) is 0 Å². The smallest absolute Gasteiger partial charge is 0.0314 e. The Morgan fingerprint density at radius 1 is 0.688 bits per heavy atom. The second-order valence-electron chi connectivity index (χ2n) is 3.87. The normalized spacial score (nSPS) is 10.6. The van der Waals surface area contributed by atoms with E-state index in [1.807, 2.05) is 48.5 Å². The van der Waals surface area contributed by atoms with Crippen LogP contribution in [0.3, 0.4) is 0 Å². The minimum absolute atomic E-state index is 0.786. The van der Waals surface area contributed by atoms with Crippen molar-refractivity contribution in [2.24, 2.45) is 0 Å². The Labute approximate surface area is 95.9 Å². The first-order chi connectivity index (χ1) is 7.66. The lowest BCUT2D eigenvalue weighted by Crippen LogP contribution is -1.98. The van der Waals surface area contributed by atoms with E-state index < -0.39 is 0 Å². The first-order valence-corrected chi connectivity index (χ1v) is 5.22. The summed E-state index contributed by atoms with van der Waals surface area (Å²) in [4.78, 5) is 0. The molecule has 0 fully saturated rings. The molecule has 2 heteroatoms. The zero-order valence-electron chi connectivity index (χ0n) is 9.27. The Morgan fingerprint density at radius 3 is 1.31 bits per heavy atom. The molecule has 0 aliphatic rings. The number of anilines is 2. The Bertz CT molecular complexity index is 412. The number of hydrogen-bond acceptors (Lipinski definition) is 2. The van der Waals surface area contributed by atoms with E-state index in [1.165, 1.54) is 17.0 Å². The fourth-order valence-corrected chi connectivity index (χ4v) is 1.63. The van der Waals surface area contributed by atoms with Gasteiger partial charge in [-0.1, -0.05) is 31.2 Å². The van der Waals surface area contributed by atoms with Gasteiger partial charge in [0, 0.05) is 17.3 Å². The van der Waals surface area contributed by atoms with Gasteiger partial charge in [-0.15, -0.1) is 0 Å². The first kappa shape index (κ1) is 10.6. The average Bonchev–Trinajstić information content (AvgIpc) is 2.30. The van der Waals surface area contributed by atoms with Gasteiger partial charge in [0.25, 0.3) is 0 Å². The maximum atomic E-state index is 5.66. The lowest BCUT2D eigenvalue weighted by Gasteiger charge is -2.12. The second kappa shape index (κ2) is 4.27. The van der Waals surface area contributed by atoms with Crippen molar-refractivity contribution in [1.29, 1.82) is 0 Å². The lowest BCUT2D eigenvalue weighted by atomic mass is 9.93. The summed E-state index contributed by atoms with van der Waals surface area (Å²) in [5, 5.41) is 0. The fourth-order valence-electron chi connectivity index (χ4n) is 1.63. The van der Waals surface area contributed by atoms with Gasteiger partial charge in [-0.05, 0) is 35.4 Å². The molecule has 4 N–H and O–H groups in total. The van der Waals surface area contributed by atoms with Crippen molar-refractivity contribution >= 4 is 11.4 Å².